The highest BCUT2D eigenvalue weighted by Crippen LogP contribution is 2.30. The van der Waals surface area contributed by atoms with Crippen LogP contribution in [0.15, 0.2) is 11.1 Å². The largest absolute Gasteiger partial charge is 0.0744 e. The summed E-state index contributed by atoms with van der Waals surface area (Å²) in [5, 5.41) is 0. The Kier molecular flexibility index (Phi) is 3.16. The Morgan fingerprint density at radius 1 is 1.55 bits per heavy atom. The maximum Gasteiger partial charge on any atom is -0.0292 e. The predicted molar refractivity (Wildman–Crippen MR) is 50.6 cm³/mol. The Balaban J connectivity index is 2.58. The highest BCUT2D eigenvalue weighted by atomic mass is 14.2. The third-order valence-corrected chi connectivity index (χ3v) is 2.90. The van der Waals surface area contributed by atoms with Gasteiger partial charge in [0.2, 0.25) is 0 Å². The molecule has 0 spiro atoms. The lowest BCUT2D eigenvalue weighted by Crippen LogP contribution is -2.05. The molecule has 1 atom stereocenters. The zero-order chi connectivity index (χ0) is 8.27. The van der Waals surface area contributed by atoms with Gasteiger partial charge in [0.25, 0.3) is 0 Å². The van der Waals surface area contributed by atoms with Crippen LogP contribution in [-0.4, -0.2) is 0 Å². The lowest BCUT2D eigenvalue weighted by Gasteiger charge is -2.22. The first-order valence-electron chi connectivity index (χ1n) is 4.91. The fourth-order valence-electron chi connectivity index (χ4n) is 1.93. The lowest BCUT2D eigenvalue weighted by molar-refractivity contribution is 0.449. The third-order valence-electron chi connectivity index (χ3n) is 2.90. The van der Waals surface area contributed by atoms with Crippen molar-refractivity contribution in [3.05, 3.63) is 11.1 Å². The minimum Gasteiger partial charge on any atom is -0.0744 e. The molecule has 0 aromatic rings. The molecule has 0 aliphatic heterocycles. The third kappa shape index (κ3) is 2.36. The standard InChI is InChI=1S/C11H20/c1-4-10(3)11-7-5-6-9(2)8-11/h9H,4-8H2,1-3H3. The molecule has 1 saturated carbocycles. The quantitative estimate of drug-likeness (QED) is 0.499. The van der Waals surface area contributed by atoms with E-state index < -0.39 is 0 Å². The van der Waals surface area contributed by atoms with E-state index in [1.807, 2.05) is 0 Å². The van der Waals surface area contributed by atoms with Crippen LogP contribution < -0.4 is 0 Å². The average molecular weight is 152 g/mol. The van der Waals surface area contributed by atoms with Gasteiger partial charge < -0.3 is 0 Å². The van der Waals surface area contributed by atoms with Gasteiger partial charge in [-0.05, 0) is 38.5 Å². The van der Waals surface area contributed by atoms with E-state index in [0.29, 0.717) is 0 Å². The minimum absolute atomic E-state index is 0.945. The number of allylic oxidation sites excluding steroid dienone is 2. The van der Waals surface area contributed by atoms with Crippen LogP contribution >= 0.6 is 0 Å². The Labute approximate surface area is 70.7 Å². The Hall–Kier alpha value is -0.260. The molecule has 0 amide bonds. The summed E-state index contributed by atoms with van der Waals surface area (Å²) in [7, 11) is 0. The molecular formula is C11H20. The fraction of sp³-hybridized carbons (Fsp3) is 0.818. The van der Waals surface area contributed by atoms with Gasteiger partial charge in [-0.15, -0.1) is 0 Å². The molecule has 1 aliphatic carbocycles. The van der Waals surface area contributed by atoms with Crippen LogP contribution in [-0.2, 0) is 0 Å². The van der Waals surface area contributed by atoms with E-state index >= 15 is 0 Å². The van der Waals surface area contributed by atoms with Gasteiger partial charge in [0.1, 0.15) is 0 Å². The molecule has 1 unspecified atom stereocenters. The van der Waals surface area contributed by atoms with Crippen molar-refractivity contribution in [1.82, 2.24) is 0 Å². The summed E-state index contributed by atoms with van der Waals surface area (Å²) in [6.07, 6.45) is 6.88. The van der Waals surface area contributed by atoms with Gasteiger partial charge in [-0.25, -0.2) is 0 Å². The smallest absolute Gasteiger partial charge is 0.0292 e. The molecule has 0 aromatic carbocycles. The van der Waals surface area contributed by atoms with Gasteiger partial charge in [-0.2, -0.15) is 0 Å². The number of rotatable bonds is 1. The van der Waals surface area contributed by atoms with E-state index in [4.69, 9.17) is 0 Å². The van der Waals surface area contributed by atoms with Gasteiger partial charge in [0.05, 0.1) is 0 Å². The monoisotopic (exact) mass is 152 g/mol. The first-order valence-corrected chi connectivity index (χ1v) is 4.91. The van der Waals surface area contributed by atoms with Crippen molar-refractivity contribution in [2.45, 2.75) is 52.9 Å². The van der Waals surface area contributed by atoms with Crippen LogP contribution in [0, 0.1) is 5.92 Å². The average Bonchev–Trinajstić information content (AvgIpc) is 2.03. The highest BCUT2D eigenvalue weighted by molar-refractivity contribution is 5.13. The number of hydrogen-bond donors (Lipinski definition) is 0. The van der Waals surface area contributed by atoms with E-state index in [2.05, 4.69) is 20.8 Å². The van der Waals surface area contributed by atoms with E-state index in [1.54, 1.807) is 11.1 Å². The van der Waals surface area contributed by atoms with Crippen LogP contribution in [0.4, 0.5) is 0 Å². The molecule has 1 fully saturated rings. The lowest BCUT2D eigenvalue weighted by atomic mass is 9.84. The molecule has 1 aliphatic rings. The second kappa shape index (κ2) is 3.94. The molecular weight excluding hydrogens is 132 g/mol. The van der Waals surface area contributed by atoms with Gasteiger partial charge in [-0.3, -0.25) is 0 Å². The molecule has 0 saturated heterocycles. The predicted octanol–water partition coefficient (Wildman–Crippen LogP) is 3.92. The molecule has 11 heavy (non-hydrogen) atoms. The van der Waals surface area contributed by atoms with E-state index in [-0.39, 0.29) is 0 Å². The first kappa shape index (κ1) is 8.83. The molecule has 1 rings (SSSR count). The van der Waals surface area contributed by atoms with Crippen LogP contribution in [0.2, 0.25) is 0 Å². The zero-order valence-electron chi connectivity index (χ0n) is 8.11. The maximum absolute atomic E-state index is 2.38. The Morgan fingerprint density at radius 3 is 2.82 bits per heavy atom. The van der Waals surface area contributed by atoms with Crippen LogP contribution in [0.5, 0.6) is 0 Å². The van der Waals surface area contributed by atoms with Gasteiger partial charge in [-0.1, -0.05) is 31.4 Å². The Morgan fingerprint density at radius 2 is 2.27 bits per heavy atom. The summed E-state index contributed by atoms with van der Waals surface area (Å²) in [6, 6.07) is 0. The molecule has 0 radical (unpaired) electrons. The summed E-state index contributed by atoms with van der Waals surface area (Å²) in [4.78, 5) is 0. The first-order chi connectivity index (χ1) is 5.24. The molecule has 0 aromatic heterocycles. The second-order valence-electron chi connectivity index (χ2n) is 3.94. The SMILES string of the molecule is CCC(C)=C1CCCC(C)C1. The number of hydrogen-bond acceptors (Lipinski definition) is 0. The van der Waals surface area contributed by atoms with Crippen molar-refractivity contribution < 1.29 is 0 Å². The summed E-state index contributed by atoms with van der Waals surface area (Å²) in [5.41, 5.74) is 3.41. The van der Waals surface area contributed by atoms with Crippen molar-refractivity contribution in [2.75, 3.05) is 0 Å². The topological polar surface area (TPSA) is 0 Å². The van der Waals surface area contributed by atoms with Gasteiger partial charge >= 0.3 is 0 Å². The molecule has 0 heterocycles. The fourth-order valence-corrected chi connectivity index (χ4v) is 1.93. The van der Waals surface area contributed by atoms with Crippen LogP contribution in [0.1, 0.15) is 52.9 Å². The molecule has 0 bridgehead atoms. The van der Waals surface area contributed by atoms with Gasteiger partial charge in [0.15, 0.2) is 0 Å². The van der Waals surface area contributed by atoms with Gasteiger partial charge in [0, 0.05) is 0 Å². The summed E-state index contributed by atoms with van der Waals surface area (Å²) < 4.78 is 0. The highest BCUT2D eigenvalue weighted by Gasteiger charge is 2.13. The van der Waals surface area contributed by atoms with Crippen molar-refractivity contribution in [1.29, 1.82) is 0 Å². The summed E-state index contributed by atoms with van der Waals surface area (Å²) >= 11 is 0. The summed E-state index contributed by atoms with van der Waals surface area (Å²) in [6.45, 7) is 6.94. The van der Waals surface area contributed by atoms with E-state index in [1.165, 1.54) is 32.1 Å². The minimum atomic E-state index is 0.945. The summed E-state index contributed by atoms with van der Waals surface area (Å²) in [5.74, 6) is 0.945. The van der Waals surface area contributed by atoms with Crippen LogP contribution in [0.25, 0.3) is 0 Å². The van der Waals surface area contributed by atoms with E-state index in [0.717, 1.165) is 5.92 Å². The van der Waals surface area contributed by atoms with Crippen molar-refractivity contribution in [3.63, 3.8) is 0 Å². The zero-order valence-corrected chi connectivity index (χ0v) is 8.11. The van der Waals surface area contributed by atoms with Crippen LogP contribution in [0.3, 0.4) is 0 Å². The molecule has 64 valence electrons. The van der Waals surface area contributed by atoms with Crippen molar-refractivity contribution in [3.8, 4) is 0 Å². The second-order valence-corrected chi connectivity index (χ2v) is 3.94. The normalized spacial score (nSPS) is 30.3. The van der Waals surface area contributed by atoms with Crippen molar-refractivity contribution >= 4 is 0 Å². The molecule has 0 N–H and O–H groups in total. The maximum atomic E-state index is 2.38. The molecule has 0 nitrogen and oxygen atoms in total. The van der Waals surface area contributed by atoms with Crippen molar-refractivity contribution in [2.24, 2.45) is 5.92 Å². The Bertz CT molecular complexity index is 153. The molecule has 0 heteroatoms. The van der Waals surface area contributed by atoms with E-state index in [9.17, 15) is 0 Å².